The lowest BCUT2D eigenvalue weighted by molar-refractivity contribution is 0.0697. The van der Waals surface area contributed by atoms with Crippen molar-refractivity contribution in [2.75, 3.05) is 31.1 Å². The molecule has 6 rings (SSSR count). The van der Waals surface area contributed by atoms with Gasteiger partial charge >= 0.3 is 5.97 Å². The number of carboxylic acid groups (broad SMARTS) is 1. The Morgan fingerprint density at radius 3 is 2.66 bits per heavy atom. The Labute approximate surface area is 239 Å². The molecule has 0 atom stereocenters. The van der Waals surface area contributed by atoms with Gasteiger partial charge in [-0.2, -0.15) is 4.98 Å². The number of ether oxygens (including phenoxy) is 1. The molecule has 0 saturated carbocycles. The van der Waals surface area contributed by atoms with Crippen LogP contribution in [-0.4, -0.2) is 61.7 Å². The van der Waals surface area contributed by atoms with E-state index in [1.807, 2.05) is 16.7 Å². The molecule has 0 bridgehead atoms. The quantitative estimate of drug-likeness (QED) is 0.263. The number of hydrogen-bond donors (Lipinski definition) is 1. The zero-order chi connectivity index (χ0) is 28.3. The van der Waals surface area contributed by atoms with Crippen LogP contribution in [0.1, 0.15) is 27.6 Å². The average Bonchev–Trinajstić information content (AvgIpc) is 3.61. The molecule has 5 aromatic rings. The first-order valence-corrected chi connectivity index (χ1v) is 13.4. The Balaban J connectivity index is 1.13. The van der Waals surface area contributed by atoms with Crippen LogP contribution in [0.25, 0.3) is 11.0 Å². The molecule has 210 valence electrons. The van der Waals surface area contributed by atoms with Crippen LogP contribution in [-0.2, 0) is 19.7 Å². The van der Waals surface area contributed by atoms with Gasteiger partial charge in [0, 0.05) is 42.8 Å². The zero-order valence-electron chi connectivity index (χ0n) is 21.9. The highest BCUT2D eigenvalue weighted by Crippen LogP contribution is 2.23. The number of benzene rings is 2. The van der Waals surface area contributed by atoms with E-state index in [0.29, 0.717) is 35.4 Å². The first kappa shape index (κ1) is 26.7. The smallest absolute Gasteiger partial charge is 0.335 e. The molecule has 0 amide bonds. The van der Waals surface area contributed by atoms with E-state index in [1.165, 1.54) is 12.3 Å². The highest BCUT2D eigenvalue weighted by atomic mass is 35.5. The molecule has 1 N–H and O–H groups in total. The molecule has 41 heavy (non-hydrogen) atoms. The van der Waals surface area contributed by atoms with E-state index < -0.39 is 11.8 Å². The monoisotopic (exact) mass is 576 g/mol. The molecule has 12 heteroatoms. The van der Waals surface area contributed by atoms with Crippen molar-refractivity contribution in [2.45, 2.75) is 19.7 Å². The number of carbonyl (C=O) groups is 1. The lowest BCUT2D eigenvalue weighted by Crippen LogP contribution is -2.46. The number of carboxylic acids is 1. The summed E-state index contributed by atoms with van der Waals surface area (Å²) in [5.74, 6) is 1.12. The Kier molecular flexibility index (Phi) is 7.53. The maximum absolute atomic E-state index is 14.1. The highest BCUT2D eigenvalue weighted by Gasteiger charge is 2.22. The third-order valence-corrected chi connectivity index (χ3v) is 7.25. The van der Waals surface area contributed by atoms with Crippen molar-refractivity contribution in [1.82, 2.24) is 24.4 Å². The van der Waals surface area contributed by atoms with Gasteiger partial charge in [-0.05, 0) is 36.4 Å². The predicted molar refractivity (Wildman–Crippen MR) is 150 cm³/mol. The molecule has 1 aliphatic rings. The van der Waals surface area contributed by atoms with Gasteiger partial charge in [-0.3, -0.25) is 4.90 Å². The van der Waals surface area contributed by atoms with Crippen LogP contribution in [0.4, 0.5) is 10.2 Å². The SMILES string of the molecule is O=C(O)c1ccc2nc(CN3CCN(c4cccc(OCc5ccc(Cl)cc5F)n4)CC3)n(Cc3ncco3)c2c1. The molecule has 2 aromatic carbocycles. The van der Waals surface area contributed by atoms with E-state index in [2.05, 4.69) is 19.8 Å². The second-order valence-corrected chi connectivity index (χ2v) is 10.1. The van der Waals surface area contributed by atoms with Crippen molar-refractivity contribution in [3.8, 4) is 5.88 Å². The molecule has 1 aliphatic heterocycles. The fraction of sp³-hybridized carbons (Fsp3) is 0.241. The van der Waals surface area contributed by atoms with Crippen LogP contribution >= 0.6 is 11.6 Å². The maximum atomic E-state index is 14.1. The van der Waals surface area contributed by atoms with Gasteiger partial charge in [0.2, 0.25) is 11.8 Å². The number of fused-ring (bicyclic) bond motifs is 1. The van der Waals surface area contributed by atoms with Crippen LogP contribution in [0.5, 0.6) is 5.88 Å². The topological polar surface area (TPSA) is 110 Å². The van der Waals surface area contributed by atoms with Gasteiger partial charge in [-0.25, -0.2) is 19.2 Å². The molecule has 3 aromatic heterocycles. The Hall–Kier alpha value is -4.48. The minimum absolute atomic E-state index is 0.0513. The second-order valence-electron chi connectivity index (χ2n) is 9.67. The number of anilines is 1. The molecule has 4 heterocycles. The van der Waals surface area contributed by atoms with Gasteiger partial charge in [0.05, 0.1) is 29.3 Å². The summed E-state index contributed by atoms with van der Waals surface area (Å²) in [6, 6.07) is 15.0. The van der Waals surface area contributed by atoms with E-state index in [4.69, 9.17) is 25.7 Å². The lowest BCUT2D eigenvalue weighted by Gasteiger charge is -2.35. The van der Waals surface area contributed by atoms with E-state index >= 15 is 0 Å². The molecule has 1 saturated heterocycles. The van der Waals surface area contributed by atoms with E-state index in [-0.39, 0.29) is 12.2 Å². The standard InChI is InChI=1S/C29H26ClFN6O4/c30-21-6-4-20(22(31)15-21)18-41-27-3-1-2-25(34-27)36-11-9-35(10-12-36)16-26-33-23-7-5-19(29(38)39)14-24(23)37(26)17-28-32-8-13-40-28/h1-8,13-15H,9-12,16-18H2,(H,38,39). The fourth-order valence-corrected chi connectivity index (χ4v) is 5.01. The zero-order valence-corrected chi connectivity index (χ0v) is 22.7. The summed E-state index contributed by atoms with van der Waals surface area (Å²) < 4.78 is 27.3. The van der Waals surface area contributed by atoms with Crippen LogP contribution in [0.2, 0.25) is 5.02 Å². The van der Waals surface area contributed by atoms with Crippen molar-refractivity contribution < 1.29 is 23.4 Å². The molecular weight excluding hydrogens is 551 g/mol. The van der Waals surface area contributed by atoms with Gasteiger partial charge in [0.15, 0.2) is 0 Å². The van der Waals surface area contributed by atoms with Crippen molar-refractivity contribution in [3.63, 3.8) is 0 Å². The van der Waals surface area contributed by atoms with Gasteiger partial charge in [0.1, 0.15) is 36.9 Å². The number of imidazole rings is 1. The summed E-state index contributed by atoms with van der Waals surface area (Å²) in [6.45, 7) is 4.00. The lowest BCUT2D eigenvalue weighted by atomic mass is 10.2. The average molecular weight is 577 g/mol. The van der Waals surface area contributed by atoms with Gasteiger partial charge in [-0.1, -0.05) is 23.7 Å². The Morgan fingerprint density at radius 2 is 1.90 bits per heavy atom. The Morgan fingerprint density at radius 1 is 1.05 bits per heavy atom. The van der Waals surface area contributed by atoms with Crippen molar-refractivity contribution >= 4 is 34.4 Å². The molecular formula is C29H26ClFN6O4. The molecule has 0 aliphatic carbocycles. The molecule has 0 spiro atoms. The number of aromatic carboxylic acids is 1. The largest absolute Gasteiger partial charge is 0.478 e. The van der Waals surface area contributed by atoms with Crippen LogP contribution < -0.4 is 9.64 Å². The van der Waals surface area contributed by atoms with Crippen LogP contribution in [0, 0.1) is 5.82 Å². The van der Waals surface area contributed by atoms with E-state index in [9.17, 15) is 14.3 Å². The fourth-order valence-electron chi connectivity index (χ4n) is 4.86. The molecule has 10 nitrogen and oxygen atoms in total. The molecule has 0 radical (unpaired) electrons. The number of pyridine rings is 1. The van der Waals surface area contributed by atoms with Gasteiger partial charge < -0.3 is 23.7 Å². The third kappa shape index (κ3) is 6.01. The van der Waals surface area contributed by atoms with Gasteiger partial charge in [0.25, 0.3) is 0 Å². The van der Waals surface area contributed by atoms with Crippen molar-refractivity contribution in [3.05, 3.63) is 101 Å². The van der Waals surface area contributed by atoms with Crippen LogP contribution in [0.15, 0.2) is 71.5 Å². The maximum Gasteiger partial charge on any atom is 0.335 e. The summed E-state index contributed by atoms with van der Waals surface area (Å²) in [4.78, 5) is 29.7. The summed E-state index contributed by atoms with van der Waals surface area (Å²) >= 11 is 5.83. The molecule has 0 unspecified atom stereocenters. The number of nitrogens with zero attached hydrogens (tertiary/aromatic N) is 6. The second kappa shape index (κ2) is 11.6. The Bertz CT molecular complexity index is 1680. The number of oxazole rings is 1. The minimum atomic E-state index is -0.992. The summed E-state index contributed by atoms with van der Waals surface area (Å²) in [5, 5.41) is 9.83. The number of piperazine rings is 1. The summed E-state index contributed by atoms with van der Waals surface area (Å²) in [5.41, 5.74) is 2.04. The van der Waals surface area contributed by atoms with Gasteiger partial charge in [-0.15, -0.1) is 0 Å². The van der Waals surface area contributed by atoms with E-state index in [0.717, 1.165) is 48.9 Å². The van der Waals surface area contributed by atoms with Crippen molar-refractivity contribution in [2.24, 2.45) is 0 Å². The normalized spacial score (nSPS) is 14.0. The van der Waals surface area contributed by atoms with E-state index in [1.54, 1.807) is 42.6 Å². The number of halogens is 2. The first-order chi connectivity index (χ1) is 19.9. The van der Waals surface area contributed by atoms with Crippen LogP contribution in [0.3, 0.4) is 0 Å². The highest BCUT2D eigenvalue weighted by molar-refractivity contribution is 6.30. The van der Waals surface area contributed by atoms with Crippen molar-refractivity contribution in [1.29, 1.82) is 0 Å². The first-order valence-electron chi connectivity index (χ1n) is 13.0. The number of rotatable bonds is 9. The minimum Gasteiger partial charge on any atom is -0.478 e. The number of hydrogen-bond acceptors (Lipinski definition) is 8. The third-order valence-electron chi connectivity index (χ3n) is 7.01. The summed E-state index contributed by atoms with van der Waals surface area (Å²) in [6.07, 6.45) is 3.10. The predicted octanol–water partition coefficient (Wildman–Crippen LogP) is 4.86. The number of aromatic nitrogens is 4. The summed E-state index contributed by atoms with van der Waals surface area (Å²) in [7, 11) is 0. The molecule has 1 fully saturated rings.